The summed E-state index contributed by atoms with van der Waals surface area (Å²) in [7, 11) is -3.56. The molecule has 0 spiro atoms. The number of aromatic nitrogens is 3. The van der Waals surface area contributed by atoms with Gasteiger partial charge in [-0.05, 0) is 42.7 Å². The van der Waals surface area contributed by atoms with Crippen LogP contribution in [0.5, 0.6) is 0 Å². The van der Waals surface area contributed by atoms with Gasteiger partial charge in [0.05, 0.1) is 11.4 Å². The number of hydrogen-bond donors (Lipinski definition) is 1. The van der Waals surface area contributed by atoms with E-state index in [-0.39, 0.29) is 5.75 Å². The minimum absolute atomic E-state index is 0.130. The fraction of sp³-hybridized carbons (Fsp3) is 0.250. The number of benzene rings is 1. The molecule has 0 amide bonds. The van der Waals surface area contributed by atoms with Crippen LogP contribution < -0.4 is 4.72 Å². The smallest absolute Gasteiger partial charge is 0.237 e. The van der Waals surface area contributed by atoms with E-state index in [0.717, 1.165) is 18.7 Å². The fourth-order valence-electron chi connectivity index (χ4n) is 2.52. The van der Waals surface area contributed by atoms with Crippen molar-refractivity contribution in [3.05, 3.63) is 59.0 Å². The first-order valence-electron chi connectivity index (χ1n) is 7.60. The van der Waals surface area contributed by atoms with Gasteiger partial charge in [0.15, 0.2) is 11.5 Å². The van der Waals surface area contributed by atoms with Gasteiger partial charge in [0, 0.05) is 17.1 Å². The van der Waals surface area contributed by atoms with Crippen LogP contribution in [0.1, 0.15) is 30.1 Å². The minimum atomic E-state index is -3.56. The van der Waals surface area contributed by atoms with E-state index < -0.39 is 10.0 Å². The molecule has 1 fully saturated rings. The van der Waals surface area contributed by atoms with Crippen molar-refractivity contribution in [1.29, 1.82) is 0 Å². The SMILES string of the molecule is O=S(=O)(Cc1ccc(Cl)cc1)Nc1cccn2nc(C3CC3)nc12. The number of sulfonamides is 1. The summed E-state index contributed by atoms with van der Waals surface area (Å²) in [6, 6.07) is 10.2. The molecule has 24 heavy (non-hydrogen) atoms. The maximum atomic E-state index is 12.4. The molecule has 1 saturated carbocycles. The van der Waals surface area contributed by atoms with Gasteiger partial charge in [0.1, 0.15) is 0 Å². The Balaban J connectivity index is 1.61. The summed E-state index contributed by atoms with van der Waals surface area (Å²) in [5.74, 6) is 1.05. The molecule has 0 atom stereocenters. The summed E-state index contributed by atoms with van der Waals surface area (Å²) in [6.45, 7) is 0. The van der Waals surface area contributed by atoms with Gasteiger partial charge in [-0.3, -0.25) is 4.72 Å². The van der Waals surface area contributed by atoms with E-state index in [0.29, 0.717) is 27.8 Å². The van der Waals surface area contributed by atoms with Gasteiger partial charge in [-0.25, -0.2) is 17.9 Å². The van der Waals surface area contributed by atoms with Crippen molar-refractivity contribution in [1.82, 2.24) is 14.6 Å². The average Bonchev–Trinajstić information content (AvgIpc) is 3.29. The number of halogens is 1. The molecule has 6 nitrogen and oxygen atoms in total. The highest BCUT2D eigenvalue weighted by atomic mass is 35.5. The molecule has 0 aliphatic heterocycles. The van der Waals surface area contributed by atoms with E-state index in [1.165, 1.54) is 0 Å². The van der Waals surface area contributed by atoms with Crippen molar-refractivity contribution < 1.29 is 8.42 Å². The third-order valence-electron chi connectivity index (χ3n) is 3.86. The molecule has 0 bridgehead atoms. The van der Waals surface area contributed by atoms with E-state index in [4.69, 9.17) is 11.6 Å². The van der Waals surface area contributed by atoms with Crippen LogP contribution in [0, 0.1) is 0 Å². The van der Waals surface area contributed by atoms with Gasteiger partial charge < -0.3 is 0 Å². The number of fused-ring (bicyclic) bond motifs is 1. The highest BCUT2D eigenvalue weighted by Crippen LogP contribution is 2.38. The molecule has 8 heteroatoms. The van der Waals surface area contributed by atoms with Gasteiger partial charge >= 0.3 is 0 Å². The number of pyridine rings is 1. The Morgan fingerprint density at radius 2 is 1.96 bits per heavy atom. The molecule has 0 radical (unpaired) electrons. The van der Waals surface area contributed by atoms with Crippen molar-refractivity contribution in [2.45, 2.75) is 24.5 Å². The zero-order valence-electron chi connectivity index (χ0n) is 12.7. The Morgan fingerprint density at radius 1 is 1.21 bits per heavy atom. The summed E-state index contributed by atoms with van der Waals surface area (Å²) < 4.78 is 29.1. The van der Waals surface area contributed by atoms with Crippen LogP contribution in [0.4, 0.5) is 5.69 Å². The normalized spacial score (nSPS) is 14.9. The maximum Gasteiger partial charge on any atom is 0.237 e. The Kier molecular flexibility index (Phi) is 3.69. The number of anilines is 1. The second kappa shape index (κ2) is 5.75. The number of nitrogens with zero attached hydrogens (tertiary/aromatic N) is 3. The van der Waals surface area contributed by atoms with E-state index in [9.17, 15) is 8.42 Å². The molecule has 0 unspecified atom stereocenters. The summed E-state index contributed by atoms with van der Waals surface area (Å²) in [6.07, 6.45) is 3.95. The van der Waals surface area contributed by atoms with Crippen LogP contribution in [0.3, 0.4) is 0 Å². The predicted molar refractivity (Wildman–Crippen MR) is 92.7 cm³/mol. The topological polar surface area (TPSA) is 76.4 Å². The van der Waals surface area contributed by atoms with Crippen molar-refractivity contribution in [2.24, 2.45) is 0 Å². The van der Waals surface area contributed by atoms with Gasteiger partial charge in [-0.15, -0.1) is 0 Å². The monoisotopic (exact) mass is 362 g/mol. The lowest BCUT2D eigenvalue weighted by Crippen LogP contribution is -2.15. The predicted octanol–water partition coefficient (Wildman–Crippen LogP) is 3.20. The second-order valence-electron chi connectivity index (χ2n) is 5.92. The standard InChI is InChI=1S/C16H15ClN4O2S/c17-13-7-3-11(4-8-13)10-24(22,23)20-14-2-1-9-21-16(14)18-15(19-21)12-5-6-12/h1-4,7-9,12,20H,5-6,10H2. The Bertz CT molecular complexity index is 995. The lowest BCUT2D eigenvalue weighted by Gasteiger charge is -2.08. The van der Waals surface area contributed by atoms with Gasteiger partial charge in [0.2, 0.25) is 10.0 Å². The molecule has 1 aromatic carbocycles. The average molecular weight is 363 g/mol. The van der Waals surface area contributed by atoms with Crippen molar-refractivity contribution >= 4 is 33.0 Å². The quantitative estimate of drug-likeness (QED) is 0.756. The molecule has 1 aliphatic carbocycles. The first-order valence-corrected chi connectivity index (χ1v) is 9.63. The van der Waals surface area contributed by atoms with Crippen LogP contribution in [0.15, 0.2) is 42.6 Å². The molecule has 0 saturated heterocycles. The summed E-state index contributed by atoms with van der Waals surface area (Å²) >= 11 is 5.83. The van der Waals surface area contributed by atoms with Gasteiger partial charge in [-0.2, -0.15) is 5.10 Å². The molecule has 1 aliphatic rings. The zero-order chi connectivity index (χ0) is 16.7. The Morgan fingerprint density at radius 3 is 2.67 bits per heavy atom. The molecular formula is C16H15ClN4O2S. The highest BCUT2D eigenvalue weighted by Gasteiger charge is 2.28. The molecule has 2 aromatic heterocycles. The number of nitrogens with one attached hydrogen (secondary N) is 1. The maximum absolute atomic E-state index is 12.4. The van der Waals surface area contributed by atoms with Crippen LogP contribution in [0.25, 0.3) is 5.65 Å². The van der Waals surface area contributed by atoms with Gasteiger partial charge in [0.25, 0.3) is 0 Å². The lowest BCUT2D eigenvalue weighted by atomic mass is 10.2. The third-order valence-corrected chi connectivity index (χ3v) is 5.35. The lowest BCUT2D eigenvalue weighted by molar-refractivity contribution is 0.600. The molecule has 2 heterocycles. The van der Waals surface area contributed by atoms with E-state index in [2.05, 4.69) is 14.8 Å². The molecule has 1 N–H and O–H groups in total. The Labute approximate surface area is 144 Å². The summed E-state index contributed by atoms with van der Waals surface area (Å²) in [4.78, 5) is 4.48. The highest BCUT2D eigenvalue weighted by molar-refractivity contribution is 7.91. The van der Waals surface area contributed by atoms with Crippen LogP contribution >= 0.6 is 11.6 Å². The first kappa shape index (κ1) is 15.4. The van der Waals surface area contributed by atoms with Gasteiger partial charge in [-0.1, -0.05) is 23.7 Å². The minimum Gasteiger partial charge on any atom is -0.279 e. The van der Waals surface area contributed by atoms with Crippen LogP contribution in [-0.4, -0.2) is 23.0 Å². The first-order chi connectivity index (χ1) is 11.5. The van der Waals surface area contributed by atoms with Crippen LogP contribution in [-0.2, 0) is 15.8 Å². The summed E-state index contributed by atoms with van der Waals surface area (Å²) in [5.41, 5.74) is 1.63. The second-order valence-corrected chi connectivity index (χ2v) is 8.08. The van der Waals surface area contributed by atoms with E-state index >= 15 is 0 Å². The Hall–Kier alpha value is -2.12. The molecular weight excluding hydrogens is 348 g/mol. The fourth-order valence-corrected chi connectivity index (χ4v) is 3.84. The largest absolute Gasteiger partial charge is 0.279 e. The third kappa shape index (κ3) is 3.22. The van der Waals surface area contributed by atoms with Crippen molar-refractivity contribution in [3.63, 3.8) is 0 Å². The van der Waals surface area contributed by atoms with E-state index in [1.54, 1.807) is 47.1 Å². The van der Waals surface area contributed by atoms with Crippen molar-refractivity contribution in [2.75, 3.05) is 4.72 Å². The molecule has 124 valence electrons. The van der Waals surface area contributed by atoms with E-state index in [1.807, 2.05) is 0 Å². The zero-order valence-corrected chi connectivity index (χ0v) is 14.3. The van der Waals surface area contributed by atoms with Crippen molar-refractivity contribution in [3.8, 4) is 0 Å². The molecule has 4 rings (SSSR count). The number of rotatable bonds is 5. The number of hydrogen-bond acceptors (Lipinski definition) is 4. The molecule has 3 aromatic rings. The van der Waals surface area contributed by atoms with Crippen LogP contribution in [0.2, 0.25) is 5.02 Å². The summed E-state index contributed by atoms with van der Waals surface area (Å²) in [5, 5.41) is 4.99.